The third kappa shape index (κ3) is 9.56. The van der Waals surface area contributed by atoms with E-state index in [1.807, 2.05) is 19.9 Å². The second-order valence-electron chi connectivity index (χ2n) is 6.31. The van der Waals surface area contributed by atoms with Gasteiger partial charge in [-0.1, -0.05) is 32.0 Å². The molecule has 0 bridgehead atoms. The first-order valence-electron chi connectivity index (χ1n) is 8.79. The van der Waals surface area contributed by atoms with Crippen LogP contribution < -0.4 is 15.4 Å². The van der Waals surface area contributed by atoms with Gasteiger partial charge in [0.25, 0.3) is 11.8 Å². The summed E-state index contributed by atoms with van der Waals surface area (Å²) in [7, 11) is 1.23. The van der Waals surface area contributed by atoms with Crippen LogP contribution in [0, 0.1) is 5.92 Å². The van der Waals surface area contributed by atoms with E-state index in [4.69, 9.17) is 9.47 Å². The van der Waals surface area contributed by atoms with Crippen molar-refractivity contribution in [1.82, 2.24) is 10.6 Å². The van der Waals surface area contributed by atoms with Gasteiger partial charge < -0.3 is 24.8 Å². The minimum Gasteiger partial charge on any atom is -0.484 e. The number of rotatable bonds is 11. The van der Waals surface area contributed by atoms with Crippen LogP contribution >= 0.6 is 0 Å². The van der Waals surface area contributed by atoms with Gasteiger partial charge in [0, 0.05) is 0 Å². The summed E-state index contributed by atoms with van der Waals surface area (Å²) in [6.07, 6.45) is 0.393. The maximum absolute atomic E-state index is 11.9. The van der Waals surface area contributed by atoms with E-state index in [0.717, 1.165) is 0 Å². The molecule has 0 saturated heterocycles. The van der Waals surface area contributed by atoms with Gasteiger partial charge in [0.05, 0.1) is 7.11 Å². The number of methoxy groups -OCH3 is 1. The van der Waals surface area contributed by atoms with Crippen molar-refractivity contribution in [1.29, 1.82) is 0 Å². The Morgan fingerprint density at radius 3 is 2.29 bits per heavy atom. The topological polar surface area (TPSA) is 120 Å². The van der Waals surface area contributed by atoms with Crippen molar-refractivity contribution < 1.29 is 33.4 Å². The molecule has 0 aliphatic rings. The van der Waals surface area contributed by atoms with Gasteiger partial charge in [-0.05, 0) is 24.5 Å². The summed E-state index contributed by atoms with van der Waals surface area (Å²) in [5.74, 6) is -1.82. The van der Waals surface area contributed by atoms with Crippen LogP contribution in [0.4, 0.5) is 0 Å². The van der Waals surface area contributed by atoms with Crippen molar-refractivity contribution in [2.75, 3.05) is 26.9 Å². The summed E-state index contributed by atoms with van der Waals surface area (Å²) in [6, 6.07) is 7.92. The van der Waals surface area contributed by atoms with Crippen LogP contribution in [-0.2, 0) is 28.7 Å². The van der Waals surface area contributed by atoms with E-state index in [-0.39, 0.29) is 12.5 Å². The van der Waals surface area contributed by atoms with Gasteiger partial charge >= 0.3 is 11.9 Å². The van der Waals surface area contributed by atoms with Crippen LogP contribution in [0.15, 0.2) is 30.3 Å². The van der Waals surface area contributed by atoms with Crippen molar-refractivity contribution in [3.05, 3.63) is 30.3 Å². The van der Waals surface area contributed by atoms with Gasteiger partial charge in [-0.2, -0.15) is 0 Å². The van der Waals surface area contributed by atoms with Gasteiger partial charge in [-0.15, -0.1) is 0 Å². The highest BCUT2D eigenvalue weighted by molar-refractivity contribution is 5.87. The van der Waals surface area contributed by atoms with Crippen LogP contribution in [-0.4, -0.2) is 56.7 Å². The van der Waals surface area contributed by atoms with Crippen molar-refractivity contribution >= 4 is 23.8 Å². The number of hydrogen-bond donors (Lipinski definition) is 2. The third-order valence-electron chi connectivity index (χ3n) is 3.44. The Morgan fingerprint density at radius 1 is 1.00 bits per heavy atom. The quantitative estimate of drug-likeness (QED) is 0.522. The largest absolute Gasteiger partial charge is 0.484 e. The lowest BCUT2D eigenvalue weighted by Crippen LogP contribution is -2.44. The normalized spacial score (nSPS) is 11.3. The van der Waals surface area contributed by atoms with Crippen LogP contribution in [0.5, 0.6) is 5.75 Å². The van der Waals surface area contributed by atoms with E-state index < -0.39 is 42.9 Å². The average Bonchev–Trinajstić information content (AvgIpc) is 2.68. The molecule has 28 heavy (non-hydrogen) atoms. The molecular formula is C19H26N2O7. The molecule has 0 saturated carbocycles. The van der Waals surface area contributed by atoms with Crippen molar-refractivity contribution in [2.45, 2.75) is 26.3 Å². The SMILES string of the molecule is COC(=O)C(CC(C)C)NC(=O)COC(=O)CNC(=O)COc1ccccc1. The zero-order valence-corrected chi connectivity index (χ0v) is 16.2. The van der Waals surface area contributed by atoms with E-state index in [9.17, 15) is 19.2 Å². The fourth-order valence-corrected chi connectivity index (χ4v) is 2.15. The van der Waals surface area contributed by atoms with Crippen molar-refractivity contribution in [3.8, 4) is 5.75 Å². The predicted molar refractivity (Wildman–Crippen MR) is 99.3 cm³/mol. The Kier molecular flexibility index (Phi) is 10.1. The molecule has 0 fully saturated rings. The summed E-state index contributed by atoms with van der Waals surface area (Å²) < 4.78 is 14.7. The molecule has 0 aliphatic carbocycles. The first-order valence-corrected chi connectivity index (χ1v) is 8.79. The average molecular weight is 394 g/mol. The maximum Gasteiger partial charge on any atom is 0.328 e. The summed E-state index contributed by atoms with van der Waals surface area (Å²) in [6.45, 7) is 2.56. The molecule has 2 N–H and O–H groups in total. The number of amides is 2. The fourth-order valence-electron chi connectivity index (χ4n) is 2.15. The number of nitrogens with one attached hydrogen (secondary N) is 2. The summed E-state index contributed by atoms with van der Waals surface area (Å²) in [5.41, 5.74) is 0. The molecule has 2 amide bonds. The Balaban J connectivity index is 2.28. The van der Waals surface area contributed by atoms with Gasteiger partial charge in [-0.25, -0.2) is 4.79 Å². The number of carbonyl (C=O) groups excluding carboxylic acids is 4. The maximum atomic E-state index is 11.9. The summed E-state index contributed by atoms with van der Waals surface area (Å²) in [5, 5.41) is 4.79. The van der Waals surface area contributed by atoms with Gasteiger partial charge in [0.15, 0.2) is 13.2 Å². The van der Waals surface area contributed by atoms with Crippen LogP contribution in [0.2, 0.25) is 0 Å². The number of ether oxygens (including phenoxy) is 3. The minimum atomic E-state index is -0.814. The van der Waals surface area contributed by atoms with E-state index in [1.165, 1.54) is 7.11 Å². The molecule has 0 spiro atoms. The number of esters is 2. The van der Waals surface area contributed by atoms with E-state index in [2.05, 4.69) is 15.4 Å². The number of hydrogen-bond acceptors (Lipinski definition) is 7. The molecule has 1 aromatic rings. The molecular weight excluding hydrogens is 368 g/mol. The van der Waals surface area contributed by atoms with Crippen LogP contribution in [0.25, 0.3) is 0 Å². The van der Waals surface area contributed by atoms with Crippen molar-refractivity contribution in [3.63, 3.8) is 0 Å². The smallest absolute Gasteiger partial charge is 0.328 e. The molecule has 0 radical (unpaired) electrons. The first kappa shape index (κ1) is 22.9. The van der Waals surface area contributed by atoms with Gasteiger partial charge in [0.1, 0.15) is 18.3 Å². The number of carbonyl (C=O) groups is 4. The minimum absolute atomic E-state index is 0.153. The highest BCUT2D eigenvalue weighted by Gasteiger charge is 2.23. The summed E-state index contributed by atoms with van der Waals surface area (Å²) >= 11 is 0. The second-order valence-corrected chi connectivity index (χ2v) is 6.31. The highest BCUT2D eigenvalue weighted by Crippen LogP contribution is 2.07. The number of benzene rings is 1. The first-order chi connectivity index (χ1) is 13.3. The Hall–Kier alpha value is -3.10. The molecule has 1 aromatic carbocycles. The molecule has 154 valence electrons. The number of para-hydroxylation sites is 1. The molecule has 0 heterocycles. The predicted octanol–water partition coefficient (Wildman–Crippen LogP) is 0.429. The standard InChI is InChI=1S/C19H26N2O7/c1-13(2)9-15(19(25)26-3)21-17(23)12-28-18(24)10-20-16(22)11-27-14-7-5-4-6-8-14/h4-8,13,15H,9-12H2,1-3H3,(H,20,22)(H,21,23). The fraction of sp³-hybridized carbons (Fsp3) is 0.474. The van der Waals surface area contributed by atoms with Gasteiger partial charge in [0.2, 0.25) is 0 Å². The Bertz CT molecular complexity index is 662. The highest BCUT2D eigenvalue weighted by atomic mass is 16.5. The molecule has 1 atom stereocenters. The van der Waals surface area contributed by atoms with Crippen molar-refractivity contribution in [2.24, 2.45) is 5.92 Å². The molecule has 0 aromatic heterocycles. The zero-order chi connectivity index (χ0) is 20.9. The zero-order valence-electron chi connectivity index (χ0n) is 16.2. The molecule has 1 unspecified atom stereocenters. The van der Waals surface area contributed by atoms with E-state index >= 15 is 0 Å². The Labute approximate surface area is 163 Å². The van der Waals surface area contributed by atoms with Crippen LogP contribution in [0.1, 0.15) is 20.3 Å². The molecule has 0 aliphatic heterocycles. The molecule has 1 rings (SSSR count). The lowest BCUT2D eigenvalue weighted by atomic mass is 10.0. The van der Waals surface area contributed by atoms with E-state index in [1.54, 1.807) is 24.3 Å². The van der Waals surface area contributed by atoms with E-state index in [0.29, 0.717) is 12.2 Å². The lowest BCUT2D eigenvalue weighted by molar-refractivity contribution is -0.150. The second kappa shape index (κ2) is 12.3. The lowest BCUT2D eigenvalue weighted by Gasteiger charge is -2.18. The van der Waals surface area contributed by atoms with Crippen LogP contribution in [0.3, 0.4) is 0 Å². The van der Waals surface area contributed by atoms with Gasteiger partial charge in [-0.3, -0.25) is 14.4 Å². The Morgan fingerprint density at radius 2 is 1.68 bits per heavy atom. The third-order valence-corrected chi connectivity index (χ3v) is 3.44. The summed E-state index contributed by atoms with van der Waals surface area (Å²) in [4.78, 5) is 46.8. The molecule has 9 heteroatoms. The molecule has 9 nitrogen and oxygen atoms in total. The monoisotopic (exact) mass is 394 g/mol.